The van der Waals surface area contributed by atoms with Crippen LogP contribution in [-0.2, 0) is 0 Å². The van der Waals surface area contributed by atoms with Crippen LogP contribution in [0.5, 0.6) is 0 Å². The first-order valence-corrected chi connectivity index (χ1v) is 7.31. The van der Waals surface area contributed by atoms with Crippen molar-refractivity contribution in [2.24, 2.45) is 5.92 Å². The molecule has 1 amide bonds. The first kappa shape index (κ1) is 17.2. The molecule has 1 heterocycles. The van der Waals surface area contributed by atoms with Crippen LogP contribution in [0.25, 0.3) is 0 Å². The Morgan fingerprint density at radius 3 is 2.60 bits per heavy atom. The summed E-state index contributed by atoms with van der Waals surface area (Å²) in [5.41, 5.74) is 0.360. The Morgan fingerprint density at radius 1 is 1.40 bits per heavy atom. The van der Waals surface area contributed by atoms with Crippen molar-refractivity contribution >= 4 is 29.1 Å². The van der Waals surface area contributed by atoms with E-state index in [1.165, 1.54) is 12.3 Å². The highest BCUT2D eigenvalue weighted by Crippen LogP contribution is 2.18. The molecular weight excluding hydrogens is 297 g/mol. The molecule has 6 heteroatoms. The Morgan fingerprint density at radius 2 is 2.05 bits per heavy atom. The summed E-state index contributed by atoms with van der Waals surface area (Å²) in [5.74, 6) is 0.281. The van der Waals surface area contributed by atoms with Crippen LogP contribution < -0.4 is 5.32 Å². The van der Waals surface area contributed by atoms with Crippen LogP contribution in [0.4, 0.5) is 0 Å². The number of hydrogen-bond donors (Lipinski definition) is 1. The Bertz CT molecular complexity index is 454. The van der Waals surface area contributed by atoms with E-state index in [9.17, 15) is 4.79 Å². The van der Waals surface area contributed by atoms with Crippen molar-refractivity contribution in [3.63, 3.8) is 0 Å². The molecule has 0 saturated heterocycles. The number of rotatable bonds is 6. The van der Waals surface area contributed by atoms with Gasteiger partial charge in [-0.25, -0.2) is 4.98 Å². The molecule has 0 saturated carbocycles. The Kier molecular flexibility index (Phi) is 6.72. The number of amides is 1. The predicted molar refractivity (Wildman–Crippen MR) is 83.5 cm³/mol. The van der Waals surface area contributed by atoms with Crippen molar-refractivity contribution < 1.29 is 4.79 Å². The second-order valence-electron chi connectivity index (χ2n) is 5.55. The van der Waals surface area contributed by atoms with Gasteiger partial charge in [0.15, 0.2) is 0 Å². The molecule has 1 N–H and O–H groups in total. The molecule has 1 aromatic heterocycles. The fourth-order valence-corrected chi connectivity index (χ4v) is 2.39. The fourth-order valence-electron chi connectivity index (χ4n) is 2.04. The van der Waals surface area contributed by atoms with E-state index in [1.54, 1.807) is 0 Å². The van der Waals surface area contributed by atoms with Crippen molar-refractivity contribution in [1.82, 2.24) is 15.2 Å². The molecule has 112 valence electrons. The topological polar surface area (TPSA) is 45.2 Å². The normalized spacial score (nSPS) is 12.8. The molecule has 20 heavy (non-hydrogen) atoms. The van der Waals surface area contributed by atoms with Gasteiger partial charge in [-0.3, -0.25) is 4.79 Å². The number of halogens is 2. The van der Waals surface area contributed by atoms with Crippen LogP contribution in [0.15, 0.2) is 12.3 Å². The van der Waals surface area contributed by atoms with E-state index in [0.717, 1.165) is 13.0 Å². The molecule has 0 fully saturated rings. The predicted octanol–water partition coefficient (Wildman–Crippen LogP) is 3.09. The minimum Gasteiger partial charge on any atom is -0.348 e. The SMILES string of the molecule is CC(C)CC(CN(C)C)NC(=O)c1cc(Cl)ncc1Cl. The fraction of sp³-hybridized carbons (Fsp3) is 0.571. The number of aromatic nitrogens is 1. The van der Waals surface area contributed by atoms with E-state index in [2.05, 4.69) is 29.0 Å². The van der Waals surface area contributed by atoms with Gasteiger partial charge in [-0.05, 0) is 32.5 Å². The van der Waals surface area contributed by atoms with Gasteiger partial charge in [0, 0.05) is 18.8 Å². The quantitative estimate of drug-likeness (QED) is 0.820. The van der Waals surface area contributed by atoms with Crippen molar-refractivity contribution in [1.29, 1.82) is 0 Å². The summed E-state index contributed by atoms with van der Waals surface area (Å²) in [4.78, 5) is 18.2. The summed E-state index contributed by atoms with van der Waals surface area (Å²) in [6, 6.07) is 1.56. The number of hydrogen-bond acceptors (Lipinski definition) is 3. The second kappa shape index (κ2) is 7.81. The largest absolute Gasteiger partial charge is 0.348 e. The maximum absolute atomic E-state index is 12.3. The van der Waals surface area contributed by atoms with E-state index >= 15 is 0 Å². The molecule has 1 unspecified atom stereocenters. The van der Waals surface area contributed by atoms with E-state index in [-0.39, 0.29) is 17.1 Å². The maximum atomic E-state index is 12.3. The number of carbonyl (C=O) groups excluding carboxylic acids is 1. The molecule has 0 aromatic carbocycles. The number of pyridine rings is 1. The lowest BCUT2D eigenvalue weighted by Gasteiger charge is -2.24. The van der Waals surface area contributed by atoms with Crippen LogP contribution in [0.1, 0.15) is 30.6 Å². The van der Waals surface area contributed by atoms with Crippen molar-refractivity contribution in [3.05, 3.63) is 28.0 Å². The van der Waals surface area contributed by atoms with Crippen LogP contribution >= 0.6 is 23.2 Å². The van der Waals surface area contributed by atoms with Crippen LogP contribution in [0.2, 0.25) is 10.2 Å². The standard InChI is InChI=1S/C14H21Cl2N3O/c1-9(2)5-10(8-19(3)4)18-14(20)11-6-13(16)17-7-12(11)15/h6-7,9-10H,5,8H2,1-4H3,(H,18,20). The average Bonchev–Trinajstić information content (AvgIpc) is 2.30. The first-order chi connectivity index (χ1) is 9.29. The molecule has 0 spiro atoms. The van der Waals surface area contributed by atoms with Crippen molar-refractivity contribution in [2.75, 3.05) is 20.6 Å². The van der Waals surface area contributed by atoms with Gasteiger partial charge in [-0.15, -0.1) is 0 Å². The van der Waals surface area contributed by atoms with Crippen molar-refractivity contribution in [2.45, 2.75) is 26.3 Å². The smallest absolute Gasteiger partial charge is 0.253 e. The number of nitrogens with one attached hydrogen (secondary N) is 1. The zero-order chi connectivity index (χ0) is 15.3. The summed E-state index contributed by atoms with van der Waals surface area (Å²) >= 11 is 11.8. The lowest BCUT2D eigenvalue weighted by Crippen LogP contribution is -2.42. The van der Waals surface area contributed by atoms with E-state index in [4.69, 9.17) is 23.2 Å². The number of nitrogens with zero attached hydrogens (tertiary/aromatic N) is 2. The third-order valence-corrected chi connectivity index (χ3v) is 3.25. The van der Waals surface area contributed by atoms with Gasteiger partial charge in [0.2, 0.25) is 0 Å². The molecule has 0 radical (unpaired) electrons. The third-order valence-electron chi connectivity index (χ3n) is 2.74. The summed E-state index contributed by atoms with van der Waals surface area (Å²) in [7, 11) is 3.96. The highest BCUT2D eigenvalue weighted by atomic mass is 35.5. The van der Waals surface area contributed by atoms with Gasteiger partial charge in [0.1, 0.15) is 5.15 Å². The zero-order valence-electron chi connectivity index (χ0n) is 12.3. The van der Waals surface area contributed by atoms with Gasteiger partial charge in [0.25, 0.3) is 5.91 Å². The third kappa shape index (κ3) is 5.65. The Hall–Kier alpha value is -0.840. The minimum absolute atomic E-state index is 0.0699. The van der Waals surface area contributed by atoms with Gasteiger partial charge >= 0.3 is 0 Å². The van der Waals surface area contributed by atoms with Crippen LogP contribution in [0.3, 0.4) is 0 Å². The van der Waals surface area contributed by atoms with Crippen molar-refractivity contribution in [3.8, 4) is 0 Å². The molecule has 1 rings (SSSR count). The van der Waals surface area contributed by atoms with Gasteiger partial charge in [0.05, 0.1) is 10.6 Å². The van der Waals surface area contributed by atoms with E-state index < -0.39 is 0 Å². The molecule has 0 aliphatic heterocycles. The maximum Gasteiger partial charge on any atom is 0.253 e. The average molecular weight is 318 g/mol. The molecular formula is C14H21Cl2N3O. The highest BCUT2D eigenvalue weighted by Gasteiger charge is 2.18. The van der Waals surface area contributed by atoms with Gasteiger partial charge < -0.3 is 10.2 Å². The van der Waals surface area contributed by atoms with E-state index in [0.29, 0.717) is 16.5 Å². The summed E-state index contributed by atoms with van der Waals surface area (Å²) < 4.78 is 0. The molecule has 1 atom stereocenters. The second-order valence-corrected chi connectivity index (χ2v) is 6.34. The highest BCUT2D eigenvalue weighted by molar-refractivity contribution is 6.35. The van der Waals surface area contributed by atoms with Gasteiger partial charge in [-0.2, -0.15) is 0 Å². The molecule has 0 aliphatic rings. The van der Waals surface area contributed by atoms with Gasteiger partial charge in [-0.1, -0.05) is 37.0 Å². The number of carbonyl (C=O) groups is 1. The molecule has 0 aliphatic carbocycles. The Balaban J connectivity index is 2.81. The lowest BCUT2D eigenvalue weighted by atomic mass is 10.0. The van der Waals surface area contributed by atoms with Crippen LogP contribution in [0, 0.1) is 5.92 Å². The molecule has 1 aromatic rings. The monoisotopic (exact) mass is 317 g/mol. The minimum atomic E-state index is -0.216. The summed E-state index contributed by atoms with van der Waals surface area (Å²) in [6.45, 7) is 5.04. The number of likely N-dealkylation sites (N-methyl/N-ethyl adjacent to an activating group) is 1. The molecule has 4 nitrogen and oxygen atoms in total. The molecule has 0 bridgehead atoms. The first-order valence-electron chi connectivity index (χ1n) is 6.56. The van der Waals surface area contributed by atoms with Crippen LogP contribution in [-0.4, -0.2) is 42.5 Å². The summed E-state index contributed by atoms with van der Waals surface area (Å²) in [5, 5.41) is 3.58. The Labute approximate surface area is 130 Å². The van der Waals surface area contributed by atoms with E-state index in [1.807, 2.05) is 14.1 Å². The summed E-state index contributed by atoms with van der Waals surface area (Å²) in [6.07, 6.45) is 2.29. The zero-order valence-corrected chi connectivity index (χ0v) is 13.8. The lowest BCUT2D eigenvalue weighted by molar-refractivity contribution is 0.0924.